The molecule has 0 aromatic carbocycles. The largest absolute Gasteiger partial charge is 0.341 e. The predicted octanol–water partition coefficient (Wildman–Crippen LogP) is 3.77. The topological polar surface area (TPSA) is 61.7 Å². The Morgan fingerprint density at radius 1 is 1.25 bits per heavy atom. The first-order chi connectivity index (χ1) is 13.0. The van der Waals surface area contributed by atoms with Crippen LogP contribution < -0.4 is 0 Å². The third-order valence-electron chi connectivity index (χ3n) is 4.40. The van der Waals surface area contributed by atoms with E-state index in [4.69, 9.17) is 11.6 Å². The zero-order chi connectivity index (χ0) is 19.0. The molecule has 4 rings (SSSR count). The minimum Gasteiger partial charge on any atom is -0.315 e. The van der Waals surface area contributed by atoms with E-state index in [1.807, 2.05) is 0 Å². The Morgan fingerprint density at radius 3 is 2.75 bits per heavy atom. The van der Waals surface area contributed by atoms with E-state index in [1.165, 1.54) is 23.3 Å². The lowest BCUT2D eigenvalue weighted by Crippen LogP contribution is -2.49. The fourth-order valence-electron chi connectivity index (χ4n) is 3.05. The molecule has 1 fully saturated rings. The molecule has 2 aliphatic heterocycles. The molecule has 2 aromatic heterocycles. The van der Waals surface area contributed by atoms with Gasteiger partial charge in [-0.3, -0.25) is 4.98 Å². The second-order valence-corrected chi connectivity index (χ2v) is 6.67. The molecule has 10 heteroatoms. The summed E-state index contributed by atoms with van der Waals surface area (Å²) in [4.78, 5) is 21.7. The van der Waals surface area contributed by atoms with Gasteiger partial charge in [0.15, 0.2) is 0 Å². The number of nitrogens with zero attached hydrogens (tertiary/aromatic N) is 5. The zero-order valence-electron chi connectivity index (χ0n) is 14.5. The number of urea groups is 1. The lowest BCUT2D eigenvalue weighted by Gasteiger charge is -2.37. The number of rotatable bonds is 2. The Hall–Kier alpha value is -2.52. The summed E-state index contributed by atoms with van der Waals surface area (Å²) < 4.78 is 27.2. The molecule has 2 amide bonds. The average Bonchev–Trinajstić information content (AvgIpc) is 3.08. The van der Waals surface area contributed by atoms with Crippen molar-refractivity contribution in [2.75, 3.05) is 13.1 Å². The molecular formula is C18H16ClF2N5OS. The minimum atomic E-state index is -0.650. The lowest BCUT2D eigenvalue weighted by molar-refractivity contribution is 0.136. The van der Waals surface area contributed by atoms with Crippen molar-refractivity contribution in [3.8, 4) is 0 Å². The van der Waals surface area contributed by atoms with Crippen LogP contribution in [-0.2, 0) is 0 Å². The molecule has 4 heterocycles. The average molecular weight is 424 g/mol. The third kappa shape index (κ3) is 4.00. The molecule has 2 aliphatic rings. The normalized spacial score (nSPS) is 18.0. The van der Waals surface area contributed by atoms with Crippen LogP contribution in [0.1, 0.15) is 23.6 Å². The molecular weight excluding hydrogens is 408 g/mol. The first-order valence-corrected chi connectivity index (χ1v) is 8.61. The third-order valence-corrected chi connectivity index (χ3v) is 4.61. The number of pyridine rings is 2. The summed E-state index contributed by atoms with van der Waals surface area (Å²) in [5.41, 5.74) is 1.80. The van der Waals surface area contributed by atoms with Gasteiger partial charge in [0, 0.05) is 37.5 Å². The summed E-state index contributed by atoms with van der Waals surface area (Å²) in [6.45, 7) is 0.724. The highest BCUT2D eigenvalue weighted by molar-refractivity contribution is 7.59. The van der Waals surface area contributed by atoms with Crippen LogP contribution in [0.5, 0.6) is 0 Å². The van der Waals surface area contributed by atoms with Gasteiger partial charge in [-0.2, -0.15) is 23.0 Å². The Morgan fingerprint density at radius 2 is 2.04 bits per heavy atom. The molecule has 0 radical (unpaired) electrons. The van der Waals surface area contributed by atoms with Crippen LogP contribution in [0.15, 0.2) is 41.3 Å². The Bertz CT molecular complexity index is 963. The van der Waals surface area contributed by atoms with Gasteiger partial charge in [-0.15, -0.1) is 0 Å². The molecule has 28 heavy (non-hydrogen) atoms. The van der Waals surface area contributed by atoms with Gasteiger partial charge in [-0.25, -0.2) is 19.2 Å². The lowest BCUT2D eigenvalue weighted by atomic mass is 10.0. The monoisotopic (exact) mass is 423 g/mol. The smallest absolute Gasteiger partial charge is 0.315 e. The molecule has 1 atom stereocenters. The zero-order valence-corrected chi connectivity index (χ0v) is 16.3. The van der Waals surface area contributed by atoms with Gasteiger partial charge in [0.2, 0.25) is 5.95 Å². The molecule has 0 bridgehead atoms. The predicted molar refractivity (Wildman–Crippen MR) is 106 cm³/mol. The van der Waals surface area contributed by atoms with Crippen molar-refractivity contribution in [3.63, 3.8) is 0 Å². The maximum Gasteiger partial charge on any atom is 0.341 e. The molecule has 0 N–H and O–H groups in total. The quantitative estimate of drug-likeness (QED) is 0.691. The van der Waals surface area contributed by atoms with Crippen LogP contribution in [0.25, 0.3) is 6.08 Å². The van der Waals surface area contributed by atoms with Crippen molar-refractivity contribution in [1.29, 1.82) is 0 Å². The highest BCUT2D eigenvalue weighted by Gasteiger charge is 2.35. The van der Waals surface area contributed by atoms with Gasteiger partial charge in [0.05, 0.1) is 12.2 Å². The summed E-state index contributed by atoms with van der Waals surface area (Å²) in [7, 11) is 0. The van der Waals surface area contributed by atoms with Crippen molar-refractivity contribution in [1.82, 2.24) is 19.9 Å². The first kappa shape index (κ1) is 20.2. The van der Waals surface area contributed by atoms with Gasteiger partial charge in [-0.05, 0) is 35.4 Å². The van der Waals surface area contributed by atoms with Gasteiger partial charge < -0.3 is 4.90 Å². The Kier molecular flexibility index (Phi) is 5.95. The van der Waals surface area contributed by atoms with E-state index in [2.05, 4.69) is 15.1 Å². The van der Waals surface area contributed by atoms with E-state index in [0.29, 0.717) is 30.6 Å². The van der Waals surface area contributed by atoms with Crippen LogP contribution in [0.4, 0.5) is 13.6 Å². The SMILES string of the molecule is O=C(N1CC(=Cc2ccc(Cl)nc2F)C1)N1N=CC[C@H]1c1cncc(F)c1.S. The molecule has 0 saturated carbocycles. The standard InChI is InChI=1S/C18H14ClF2N5O.H2S/c19-16-2-1-12(17(21)24-16)5-11-9-25(10-11)18(27)26-15(3-4-23-26)13-6-14(20)8-22-7-13;/h1-2,4-8,15H,3,9-10H2;1H2/t15-;/m0./s1. The molecule has 2 aromatic rings. The maximum absolute atomic E-state index is 13.8. The summed E-state index contributed by atoms with van der Waals surface area (Å²) in [6.07, 6.45) is 6.42. The number of carbonyl (C=O) groups excluding carboxylic acids is 1. The van der Waals surface area contributed by atoms with Crippen LogP contribution in [0, 0.1) is 11.8 Å². The number of aromatic nitrogens is 2. The van der Waals surface area contributed by atoms with E-state index in [1.54, 1.807) is 23.3 Å². The highest BCUT2D eigenvalue weighted by atomic mass is 35.5. The molecule has 0 unspecified atom stereocenters. The summed E-state index contributed by atoms with van der Waals surface area (Å²) in [5.74, 6) is -1.11. The number of hydrogen-bond donors (Lipinski definition) is 0. The number of amides is 2. The minimum absolute atomic E-state index is 0. The molecule has 0 aliphatic carbocycles. The Labute approximate surface area is 172 Å². The van der Waals surface area contributed by atoms with E-state index in [9.17, 15) is 13.6 Å². The summed E-state index contributed by atoms with van der Waals surface area (Å²) in [6, 6.07) is 3.73. The fourth-order valence-corrected chi connectivity index (χ4v) is 3.19. The first-order valence-electron chi connectivity index (χ1n) is 8.24. The van der Waals surface area contributed by atoms with Crippen molar-refractivity contribution in [2.45, 2.75) is 12.5 Å². The van der Waals surface area contributed by atoms with E-state index in [-0.39, 0.29) is 30.7 Å². The number of carbonyl (C=O) groups is 1. The van der Waals surface area contributed by atoms with Gasteiger partial charge >= 0.3 is 6.03 Å². The summed E-state index contributed by atoms with van der Waals surface area (Å²) in [5, 5.41) is 5.54. The number of hydrazone groups is 1. The molecule has 1 saturated heterocycles. The second kappa shape index (κ2) is 8.24. The van der Waals surface area contributed by atoms with Crippen molar-refractivity contribution in [2.24, 2.45) is 5.10 Å². The van der Waals surface area contributed by atoms with Crippen LogP contribution >= 0.6 is 25.1 Å². The van der Waals surface area contributed by atoms with E-state index < -0.39 is 11.8 Å². The number of halogens is 3. The van der Waals surface area contributed by atoms with E-state index >= 15 is 0 Å². The molecule has 0 spiro atoms. The van der Waals surface area contributed by atoms with E-state index in [0.717, 1.165) is 11.8 Å². The van der Waals surface area contributed by atoms with Gasteiger partial charge in [-0.1, -0.05) is 11.6 Å². The molecule has 146 valence electrons. The van der Waals surface area contributed by atoms with Crippen LogP contribution in [-0.4, -0.2) is 45.2 Å². The fraction of sp³-hybridized carbons (Fsp3) is 0.222. The van der Waals surface area contributed by atoms with Gasteiger partial charge in [0.25, 0.3) is 0 Å². The number of hydrogen-bond acceptors (Lipinski definition) is 4. The number of likely N-dealkylation sites (tertiary alicyclic amines) is 1. The van der Waals surface area contributed by atoms with Crippen molar-refractivity contribution < 1.29 is 13.6 Å². The van der Waals surface area contributed by atoms with Crippen LogP contribution in [0.3, 0.4) is 0 Å². The molecule has 6 nitrogen and oxygen atoms in total. The second-order valence-electron chi connectivity index (χ2n) is 6.29. The van der Waals surface area contributed by atoms with Crippen molar-refractivity contribution in [3.05, 3.63) is 64.2 Å². The van der Waals surface area contributed by atoms with Crippen LogP contribution in [0.2, 0.25) is 5.15 Å². The Balaban J connectivity index is 0.00000225. The van der Waals surface area contributed by atoms with Crippen molar-refractivity contribution >= 4 is 43.4 Å². The summed E-state index contributed by atoms with van der Waals surface area (Å²) >= 11 is 5.64. The van der Waals surface area contributed by atoms with Gasteiger partial charge in [0.1, 0.15) is 11.0 Å². The highest BCUT2D eigenvalue weighted by Crippen LogP contribution is 2.31. The maximum atomic E-state index is 13.8.